The van der Waals surface area contributed by atoms with Crippen LogP contribution in [0.2, 0.25) is 0 Å². The van der Waals surface area contributed by atoms with E-state index in [0.29, 0.717) is 28.0 Å². The predicted molar refractivity (Wildman–Crippen MR) is 83.3 cm³/mol. The first-order valence-corrected chi connectivity index (χ1v) is 6.69. The molecule has 6 nitrogen and oxygen atoms in total. The third-order valence-corrected chi connectivity index (χ3v) is 3.49. The molecule has 2 aromatic heterocycles. The van der Waals surface area contributed by atoms with Crippen molar-refractivity contribution in [2.75, 3.05) is 14.2 Å². The van der Waals surface area contributed by atoms with Gasteiger partial charge < -0.3 is 9.47 Å². The molecule has 0 aliphatic rings. The van der Waals surface area contributed by atoms with E-state index < -0.39 is 0 Å². The highest BCUT2D eigenvalue weighted by atomic mass is 16.5. The smallest absolute Gasteiger partial charge is 0.274 e. The molecule has 1 aromatic carbocycles. The topological polar surface area (TPSA) is 66.2 Å². The van der Waals surface area contributed by atoms with Crippen LogP contribution in [0.5, 0.6) is 11.5 Å². The molecule has 0 saturated heterocycles. The summed E-state index contributed by atoms with van der Waals surface area (Å²) in [4.78, 5) is 16.5. The van der Waals surface area contributed by atoms with Crippen LogP contribution in [0.4, 0.5) is 0 Å². The molecule has 0 fully saturated rings. The molecule has 0 aliphatic heterocycles. The van der Waals surface area contributed by atoms with Crippen LogP contribution in [-0.4, -0.2) is 29.0 Å². The van der Waals surface area contributed by atoms with Crippen LogP contribution in [0.15, 0.2) is 41.5 Å². The third kappa shape index (κ3) is 2.18. The summed E-state index contributed by atoms with van der Waals surface area (Å²) in [5.41, 5.74) is 1.31. The van der Waals surface area contributed by atoms with Gasteiger partial charge in [0.2, 0.25) is 0 Å². The maximum atomic E-state index is 12.4. The molecule has 0 spiro atoms. The molecule has 0 atom stereocenters. The van der Waals surface area contributed by atoms with Gasteiger partial charge in [-0.2, -0.15) is 5.10 Å². The molecule has 0 amide bonds. The van der Waals surface area contributed by atoms with Crippen molar-refractivity contribution in [3.8, 4) is 22.8 Å². The summed E-state index contributed by atoms with van der Waals surface area (Å²) in [7, 11) is 4.72. The lowest BCUT2D eigenvalue weighted by Crippen LogP contribution is -2.20. The molecule has 3 rings (SSSR count). The van der Waals surface area contributed by atoms with E-state index in [2.05, 4.69) is 10.1 Å². The molecule has 112 valence electrons. The summed E-state index contributed by atoms with van der Waals surface area (Å²) >= 11 is 0. The van der Waals surface area contributed by atoms with E-state index in [1.807, 2.05) is 12.1 Å². The van der Waals surface area contributed by atoms with Gasteiger partial charge in [0.15, 0.2) is 11.5 Å². The fraction of sp³-hybridized carbons (Fsp3) is 0.188. The molecular formula is C16H15N3O3. The van der Waals surface area contributed by atoms with Gasteiger partial charge in [-0.05, 0) is 24.3 Å². The lowest BCUT2D eigenvalue weighted by atomic mass is 10.1. The minimum atomic E-state index is -0.191. The molecule has 0 unspecified atom stereocenters. The number of nitrogens with zero attached hydrogens (tertiary/aromatic N) is 3. The SMILES string of the molecule is COc1cc2c(-c3cccnc3)nn(C)c(=O)c2cc1OC. The molecule has 22 heavy (non-hydrogen) atoms. The van der Waals surface area contributed by atoms with Crippen LogP contribution in [0.1, 0.15) is 0 Å². The van der Waals surface area contributed by atoms with E-state index in [-0.39, 0.29) is 5.56 Å². The highest BCUT2D eigenvalue weighted by Gasteiger charge is 2.15. The minimum absolute atomic E-state index is 0.191. The van der Waals surface area contributed by atoms with Crippen LogP contribution in [-0.2, 0) is 7.05 Å². The highest BCUT2D eigenvalue weighted by molar-refractivity contribution is 5.95. The largest absolute Gasteiger partial charge is 0.493 e. The Labute approximate surface area is 126 Å². The number of ether oxygens (including phenoxy) is 2. The number of benzene rings is 1. The standard InChI is InChI=1S/C16H15N3O3/c1-19-16(20)12-8-14(22-3)13(21-2)7-11(12)15(18-19)10-5-4-6-17-9-10/h4-9H,1-3H3. The Morgan fingerprint density at radius 3 is 2.36 bits per heavy atom. The summed E-state index contributed by atoms with van der Waals surface area (Å²) in [6.07, 6.45) is 3.40. The molecule has 0 bridgehead atoms. The molecule has 0 saturated carbocycles. The second-order valence-corrected chi connectivity index (χ2v) is 4.77. The van der Waals surface area contributed by atoms with Gasteiger partial charge in [0.1, 0.15) is 5.69 Å². The zero-order valence-electron chi connectivity index (χ0n) is 12.5. The summed E-state index contributed by atoms with van der Waals surface area (Å²) in [6, 6.07) is 7.17. The van der Waals surface area contributed by atoms with Crippen molar-refractivity contribution in [2.24, 2.45) is 7.05 Å². The van der Waals surface area contributed by atoms with E-state index in [9.17, 15) is 4.79 Å². The zero-order valence-corrected chi connectivity index (χ0v) is 12.5. The van der Waals surface area contributed by atoms with Gasteiger partial charge in [0.25, 0.3) is 5.56 Å². The number of aromatic nitrogens is 3. The monoisotopic (exact) mass is 297 g/mol. The number of hydrogen-bond acceptors (Lipinski definition) is 5. The fourth-order valence-electron chi connectivity index (χ4n) is 2.39. The first-order valence-electron chi connectivity index (χ1n) is 6.69. The lowest BCUT2D eigenvalue weighted by Gasteiger charge is -2.12. The van der Waals surface area contributed by atoms with Crippen LogP contribution in [0, 0.1) is 0 Å². The Bertz CT molecular complexity index is 889. The number of aryl methyl sites for hydroxylation is 1. The van der Waals surface area contributed by atoms with Gasteiger partial charge in [-0.3, -0.25) is 9.78 Å². The van der Waals surface area contributed by atoms with Crippen LogP contribution in [0.25, 0.3) is 22.0 Å². The van der Waals surface area contributed by atoms with Crippen molar-refractivity contribution in [3.63, 3.8) is 0 Å². The van der Waals surface area contributed by atoms with Crippen molar-refractivity contribution >= 4 is 10.8 Å². The quantitative estimate of drug-likeness (QED) is 0.740. The van der Waals surface area contributed by atoms with Crippen LogP contribution >= 0.6 is 0 Å². The Morgan fingerprint density at radius 1 is 1.09 bits per heavy atom. The Kier molecular flexibility index (Phi) is 3.50. The summed E-state index contributed by atoms with van der Waals surface area (Å²) < 4.78 is 11.9. The van der Waals surface area contributed by atoms with Gasteiger partial charge >= 0.3 is 0 Å². The van der Waals surface area contributed by atoms with Crippen molar-refractivity contribution in [3.05, 3.63) is 47.0 Å². The van der Waals surface area contributed by atoms with Crippen molar-refractivity contribution in [2.45, 2.75) is 0 Å². The van der Waals surface area contributed by atoms with Gasteiger partial charge in [0.05, 0.1) is 19.6 Å². The minimum Gasteiger partial charge on any atom is -0.493 e. The average molecular weight is 297 g/mol. The number of fused-ring (bicyclic) bond motifs is 1. The second kappa shape index (κ2) is 5.48. The van der Waals surface area contributed by atoms with Crippen molar-refractivity contribution in [1.82, 2.24) is 14.8 Å². The Hall–Kier alpha value is -2.89. The summed E-state index contributed by atoms with van der Waals surface area (Å²) in [5.74, 6) is 1.06. The van der Waals surface area contributed by atoms with Crippen LogP contribution < -0.4 is 15.0 Å². The van der Waals surface area contributed by atoms with Crippen LogP contribution in [0.3, 0.4) is 0 Å². The fourth-order valence-corrected chi connectivity index (χ4v) is 2.39. The number of pyridine rings is 1. The van der Waals surface area contributed by atoms with E-state index in [0.717, 1.165) is 5.56 Å². The highest BCUT2D eigenvalue weighted by Crippen LogP contribution is 2.34. The first-order chi connectivity index (χ1) is 10.7. The van der Waals surface area contributed by atoms with E-state index >= 15 is 0 Å². The third-order valence-electron chi connectivity index (χ3n) is 3.49. The Balaban J connectivity index is 2.43. The normalized spacial score (nSPS) is 10.7. The van der Waals surface area contributed by atoms with Gasteiger partial charge in [0, 0.05) is 30.4 Å². The second-order valence-electron chi connectivity index (χ2n) is 4.77. The number of hydrogen-bond donors (Lipinski definition) is 0. The van der Waals surface area contributed by atoms with E-state index in [1.54, 1.807) is 38.7 Å². The Morgan fingerprint density at radius 2 is 1.77 bits per heavy atom. The maximum Gasteiger partial charge on any atom is 0.274 e. The van der Waals surface area contributed by atoms with Crippen molar-refractivity contribution in [1.29, 1.82) is 0 Å². The molecule has 0 N–H and O–H groups in total. The first kappa shape index (κ1) is 14.1. The average Bonchev–Trinajstić information content (AvgIpc) is 2.57. The van der Waals surface area contributed by atoms with E-state index in [4.69, 9.17) is 9.47 Å². The van der Waals surface area contributed by atoms with E-state index in [1.165, 1.54) is 11.8 Å². The van der Waals surface area contributed by atoms with Gasteiger partial charge in [-0.15, -0.1) is 0 Å². The molecule has 2 heterocycles. The molecule has 6 heteroatoms. The van der Waals surface area contributed by atoms with Gasteiger partial charge in [-0.1, -0.05) is 0 Å². The maximum absolute atomic E-state index is 12.4. The molecule has 3 aromatic rings. The number of methoxy groups -OCH3 is 2. The molecule has 0 radical (unpaired) electrons. The molecular weight excluding hydrogens is 282 g/mol. The van der Waals surface area contributed by atoms with Crippen molar-refractivity contribution < 1.29 is 9.47 Å². The van der Waals surface area contributed by atoms with Gasteiger partial charge in [-0.25, -0.2) is 4.68 Å². The zero-order chi connectivity index (χ0) is 15.7. The molecule has 0 aliphatic carbocycles. The summed E-state index contributed by atoms with van der Waals surface area (Å²) in [5, 5.41) is 5.59. The number of rotatable bonds is 3. The predicted octanol–water partition coefficient (Wildman–Crippen LogP) is 2.01. The lowest BCUT2D eigenvalue weighted by molar-refractivity contribution is 0.356. The summed E-state index contributed by atoms with van der Waals surface area (Å²) in [6.45, 7) is 0.